The number of methoxy groups -OCH3 is 2. The van der Waals surface area contributed by atoms with Crippen LogP contribution in [-0.2, 0) is 7.05 Å². The zero-order valence-electron chi connectivity index (χ0n) is 20.9. The molecule has 4 aromatic rings. The Morgan fingerprint density at radius 2 is 1.86 bits per heavy atom. The summed E-state index contributed by atoms with van der Waals surface area (Å²) in [5.41, 5.74) is 5.53. The van der Waals surface area contributed by atoms with Crippen molar-refractivity contribution in [2.45, 2.75) is 18.5 Å². The van der Waals surface area contributed by atoms with Crippen LogP contribution in [0.1, 0.15) is 6.42 Å². The summed E-state index contributed by atoms with van der Waals surface area (Å²) in [5.74, 6) is 1.52. The van der Waals surface area contributed by atoms with Crippen molar-refractivity contribution in [2.24, 2.45) is 7.05 Å². The largest absolute Gasteiger partial charge is 0.497 e. The average molecular weight is 486 g/mol. The highest BCUT2D eigenvalue weighted by Gasteiger charge is 2.37. The topological polar surface area (TPSA) is 80.6 Å². The first-order valence-corrected chi connectivity index (χ1v) is 12.3. The van der Waals surface area contributed by atoms with E-state index in [4.69, 9.17) is 14.5 Å². The van der Waals surface area contributed by atoms with Crippen LogP contribution in [0, 0.1) is 0 Å². The molecule has 2 aromatic heterocycles. The second-order valence-electron chi connectivity index (χ2n) is 9.54. The quantitative estimate of drug-likeness (QED) is 0.408. The van der Waals surface area contributed by atoms with Gasteiger partial charge in [0.2, 0.25) is 0 Å². The minimum Gasteiger partial charge on any atom is -0.497 e. The monoisotopic (exact) mass is 485 g/mol. The predicted molar refractivity (Wildman–Crippen MR) is 140 cm³/mol. The smallest absolute Gasteiger partial charge is 0.124 e. The van der Waals surface area contributed by atoms with Crippen LogP contribution in [0.5, 0.6) is 11.5 Å². The summed E-state index contributed by atoms with van der Waals surface area (Å²) >= 11 is 0. The fourth-order valence-electron chi connectivity index (χ4n) is 5.37. The first-order chi connectivity index (χ1) is 17.6. The zero-order valence-corrected chi connectivity index (χ0v) is 20.9. The molecule has 2 aliphatic heterocycles. The minimum absolute atomic E-state index is 0.626. The fourth-order valence-corrected chi connectivity index (χ4v) is 5.37. The van der Waals surface area contributed by atoms with Crippen molar-refractivity contribution in [2.75, 3.05) is 45.3 Å². The van der Waals surface area contributed by atoms with E-state index in [1.54, 1.807) is 25.1 Å². The minimum atomic E-state index is 0.626. The molecule has 2 bridgehead atoms. The molecule has 2 aromatic carbocycles. The van der Waals surface area contributed by atoms with E-state index in [1.807, 2.05) is 31.6 Å². The Morgan fingerprint density at radius 3 is 2.53 bits per heavy atom. The second-order valence-corrected chi connectivity index (χ2v) is 9.54. The summed E-state index contributed by atoms with van der Waals surface area (Å²) < 4.78 is 12.9. The standard InChI is InChI=1S/C27H31N7O2/c1-32-16-18(13-30-32)27-15-29-25-5-4-20(11-26(25)31-27)34(7-6-33-17-19-8-22(33)14-28-19)21-9-23(35-2)12-24(10-21)36-3/h4-5,9-13,15-16,19,22,28H,6-8,14,17H2,1-3H3/t19?,22-/m0/s1. The molecule has 9 nitrogen and oxygen atoms in total. The number of benzene rings is 2. The summed E-state index contributed by atoms with van der Waals surface area (Å²) in [7, 11) is 5.27. The number of rotatable bonds is 8. The lowest BCUT2D eigenvalue weighted by Crippen LogP contribution is -2.46. The first kappa shape index (κ1) is 22.8. The van der Waals surface area contributed by atoms with Crippen molar-refractivity contribution >= 4 is 22.4 Å². The number of nitrogens with one attached hydrogen (secondary N) is 1. The van der Waals surface area contributed by atoms with Crippen molar-refractivity contribution in [3.05, 3.63) is 55.0 Å². The van der Waals surface area contributed by atoms with E-state index < -0.39 is 0 Å². The van der Waals surface area contributed by atoms with Gasteiger partial charge >= 0.3 is 0 Å². The van der Waals surface area contributed by atoms with Crippen molar-refractivity contribution in [1.29, 1.82) is 0 Å². The summed E-state index contributed by atoms with van der Waals surface area (Å²) in [6.07, 6.45) is 6.82. The molecule has 2 saturated heterocycles. The molecule has 6 rings (SSSR count). The molecule has 4 heterocycles. The van der Waals surface area contributed by atoms with Crippen LogP contribution in [0.4, 0.5) is 11.4 Å². The Morgan fingerprint density at radius 1 is 1.03 bits per heavy atom. The summed E-state index contributed by atoms with van der Waals surface area (Å²) in [5, 5.41) is 7.88. The maximum absolute atomic E-state index is 5.58. The number of hydrogen-bond donors (Lipinski definition) is 1. The molecular formula is C27H31N7O2. The van der Waals surface area contributed by atoms with Crippen molar-refractivity contribution < 1.29 is 9.47 Å². The number of fused-ring (bicyclic) bond motifs is 3. The number of likely N-dealkylation sites (tertiary alicyclic amines) is 1. The SMILES string of the molecule is COc1cc(OC)cc(N(CCN2CC3C[C@H]2CN3)c2ccc3ncc(-c4cnn(C)c4)nc3c2)c1. The predicted octanol–water partition coefficient (Wildman–Crippen LogP) is 3.23. The zero-order chi connectivity index (χ0) is 24.6. The van der Waals surface area contributed by atoms with Crippen LogP contribution in [0.2, 0.25) is 0 Å². The molecule has 0 radical (unpaired) electrons. The normalized spacial score (nSPS) is 19.2. The Hall–Kier alpha value is -3.69. The van der Waals surface area contributed by atoms with E-state index >= 15 is 0 Å². The Kier molecular flexibility index (Phi) is 5.94. The number of aromatic nitrogens is 4. The molecular weight excluding hydrogens is 454 g/mol. The molecule has 1 unspecified atom stereocenters. The molecule has 0 aliphatic carbocycles. The lowest BCUT2D eigenvalue weighted by molar-refractivity contribution is 0.232. The van der Waals surface area contributed by atoms with E-state index in [2.05, 4.69) is 49.5 Å². The lowest BCUT2D eigenvalue weighted by atomic mass is 10.2. The second kappa shape index (κ2) is 9.40. The number of nitrogens with zero attached hydrogens (tertiary/aromatic N) is 6. The fraction of sp³-hybridized carbons (Fsp3) is 0.370. The van der Waals surface area contributed by atoms with Gasteiger partial charge in [0.1, 0.15) is 11.5 Å². The van der Waals surface area contributed by atoms with Crippen LogP contribution in [0.3, 0.4) is 0 Å². The third-order valence-electron chi connectivity index (χ3n) is 7.27. The average Bonchev–Trinajstić information content (AvgIpc) is 3.66. The van der Waals surface area contributed by atoms with E-state index in [0.717, 1.165) is 71.3 Å². The van der Waals surface area contributed by atoms with Crippen molar-refractivity contribution in [1.82, 2.24) is 30.0 Å². The Balaban J connectivity index is 1.37. The molecule has 0 spiro atoms. The van der Waals surface area contributed by atoms with E-state index in [-0.39, 0.29) is 0 Å². The Labute approximate surface area is 210 Å². The van der Waals surface area contributed by atoms with E-state index in [1.165, 1.54) is 6.42 Å². The summed E-state index contributed by atoms with van der Waals surface area (Å²) in [4.78, 5) is 14.5. The highest BCUT2D eigenvalue weighted by molar-refractivity contribution is 5.82. The van der Waals surface area contributed by atoms with Gasteiger partial charge in [-0.2, -0.15) is 5.10 Å². The van der Waals surface area contributed by atoms with Gasteiger partial charge in [-0.15, -0.1) is 0 Å². The third-order valence-corrected chi connectivity index (χ3v) is 7.27. The molecule has 2 atom stereocenters. The highest BCUT2D eigenvalue weighted by atomic mass is 16.5. The van der Waals surface area contributed by atoms with Gasteiger partial charge in [0.15, 0.2) is 0 Å². The molecule has 186 valence electrons. The number of aryl methyl sites for hydroxylation is 1. The number of ether oxygens (including phenoxy) is 2. The molecule has 2 fully saturated rings. The molecule has 36 heavy (non-hydrogen) atoms. The van der Waals surface area contributed by atoms with Gasteiger partial charge in [-0.05, 0) is 24.6 Å². The van der Waals surface area contributed by atoms with Crippen molar-refractivity contribution in [3.63, 3.8) is 0 Å². The number of hydrogen-bond acceptors (Lipinski definition) is 8. The van der Waals surface area contributed by atoms with Crippen LogP contribution >= 0.6 is 0 Å². The van der Waals surface area contributed by atoms with E-state index in [9.17, 15) is 0 Å². The van der Waals surface area contributed by atoms with E-state index in [0.29, 0.717) is 12.1 Å². The number of piperazine rings is 1. The van der Waals surface area contributed by atoms with Crippen LogP contribution in [0.15, 0.2) is 55.0 Å². The Bertz CT molecular complexity index is 1370. The number of anilines is 2. The maximum atomic E-state index is 5.58. The van der Waals surface area contributed by atoms with Gasteiger partial charge in [-0.25, -0.2) is 4.98 Å². The van der Waals surface area contributed by atoms with Crippen molar-refractivity contribution in [3.8, 4) is 22.8 Å². The van der Waals surface area contributed by atoms with Gasteiger partial charge in [-0.3, -0.25) is 14.6 Å². The first-order valence-electron chi connectivity index (χ1n) is 12.3. The van der Waals surface area contributed by atoms with Crippen LogP contribution in [-0.4, -0.2) is 77.1 Å². The molecule has 1 N–H and O–H groups in total. The van der Waals surface area contributed by atoms with Gasteiger partial charge in [0, 0.05) is 86.6 Å². The maximum Gasteiger partial charge on any atom is 0.124 e. The molecule has 2 aliphatic rings. The lowest BCUT2D eigenvalue weighted by Gasteiger charge is -2.32. The van der Waals surface area contributed by atoms with Gasteiger partial charge in [0.05, 0.1) is 43.3 Å². The van der Waals surface area contributed by atoms with Crippen LogP contribution in [0.25, 0.3) is 22.3 Å². The van der Waals surface area contributed by atoms with Gasteiger partial charge < -0.3 is 19.7 Å². The molecule has 9 heteroatoms. The van der Waals surface area contributed by atoms with Gasteiger partial charge in [0.25, 0.3) is 0 Å². The highest BCUT2D eigenvalue weighted by Crippen LogP contribution is 2.34. The third kappa shape index (κ3) is 4.36. The van der Waals surface area contributed by atoms with Crippen LogP contribution < -0.4 is 19.7 Å². The van der Waals surface area contributed by atoms with Gasteiger partial charge in [-0.1, -0.05) is 0 Å². The molecule has 0 amide bonds. The summed E-state index contributed by atoms with van der Waals surface area (Å²) in [6, 6.07) is 13.5. The molecule has 0 saturated carbocycles. The summed E-state index contributed by atoms with van der Waals surface area (Å²) in [6.45, 7) is 4.00.